The smallest absolute Gasteiger partial charge is 0.271 e. The van der Waals surface area contributed by atoms with Crippen molar-refractivity contribution in [3.63, 3.8) is 0 Å². The highest BCUT2D eigenvalue weighted by atomic mass is 79.9. The molecule has 1 aliphatic heterocycles. The van der Waals surface area contributed by atoms with Crippen LogP contribution in [0.5, 0.6) is 11.5 Å². The number of phenolic OH excluding ortho intramolecular Hbond substituents is 1. The molecule has 1 N–H and O–H groups in total. The van der Waals surface area contributed by atoms with E-state index in [2.05, 4.69) is 29.8 Å². The number of anilines is 1. The number of nitrogens with zero attached hydrogens (tertiary/aromatic N) is 2. The molecule has 174 valence electrons. The van der Waals surface area contributed by atoms with E-state index in [0.29, 0.717) is 21.4 Å². The van der Waals surface area contributed by atoms with Gasteiger partial charge in [0.2, 0.25) is 0 Å². The van der Waals surface area contributed by atoms with Crippen molar-refractivity contribution >= 4 is 56.2 Å². The van der Waals surface area contributed by atoms with Crippen LogP contribution in [0.1, 0.15) is 30.5 Å². The minimum Gasteiger partial charge on any atom is -0.504 e. The zero-order chi connectivity index (χ0) is 24.2. The first-order valence-electron chi connectivity index (χ1n) is 11.0. The van der Waals surface area contributed by atoms with Crippen LogP contribution in [0.3, 0.4) is 0 Å². The van der Waals surface area contributed by atoms with E-state index in [1.54, 1.807) is 23.1 Å². The van der Waals surface area contributed by atoms with Crippen LogP contribution >= 0.6 is 27.7 Å². The first-order chi connectivity index (χ1) is 16.5. The van der Waals surface area contributed by atoms with Gasteiger partial charge in [-0.2, -0.15) is 0 Å². The van der Waals surface area contributed by atoms with Crippen molar-refractivity contribution in [3.05, 3.63) is 86.7 Å². The summed E-state index contributed by atoms with van der Waals surface area (Å²) >= 11 is 4.74. The molecule has 3 aromatic carbocycles. The molecule has 0 spiro atoms. The number of halogens is 1. The Morgan fingerprint density at radius 3 is 2.44 bits per heavy atom. The van der Waals surface area contributed by atoms with Crippen LogP contribution < -0.4 is 9.64 Å². The van der Waals surface area contributed by atoms with Crippen LogP contribution in [-0.2, 0) is 17.6 Å². The van der Waals surface area contributed by atoms with E-state index in [4.69, 9.17) is 9.73 Å². The highest BCUT2D eigenvalue weighted by Gasteiger charge is 2.36. The SMILES string of the molecule is CCc1ccccc1N=C1S/C(=C\c2cc(Br)cc(OC)c2O)C(=O)N1c1ccccc1CC. The van der Waals surface area contributed by atoms with Gasteiger partial charge in [0.25, 0.3) is 5.91 Å². The molecule has 0 bridgehead atoms. The number of rotatable bonds is 6. The van der Waals surface area contributed by atoms with Gasteiger partial charge >= 0.3 is 0 Å². The van der Waals surface area contributed by atoms with Gasteiger partial charge in [0.05, 0.1) is 23.4 Å². The summed E-state index contributed by atoms with van der Waals surface area (Å²) in [6, 6.07) is 19.3. The number of carbonyl (C=O) groups is 1. The first-order valence-corrected chi connectivity index (χ1v) is 12.6. The molecule has 5 nitrogen and oxygen atoms in total. The van der Waals surface area contributed by atoms with Crippen LogP contribution in [0, 0.1) is 0 Å². The average molecular weight is 537 g/mol. The molecule has 0 aromatic heterocycles. The topological polar surface area (TPSA) is 62.1 Å². The van der Waals surface area contributed by atoms with Gasteiger partial charge in [-0.3, -0.25) is 9.69 Å². The summed E-state index contributed by atoms with van der Waals surface area (Å²) in [6.45, 7) is 4.16. The molecular formula is C27H25BrN2O3S. The molecule has 1 fully saturated rings. The highest BCUT2D eigenvalue weighted by Crippen LogP contribution is 2.41. The van der Waals surface area contributed by atoms with Crippen molar-refractivity contribution in [1.29, 1.82) is 0 Å². The van der Waals surface area contributed by atoms with Gasteiger partial charge in [-0.05, 0) is 66.1 Å². The number of phenols is 1. The number of benzene rings is 3. The van der Waals surface area contributed by atoms with Crippen LogP contribution in [0.2, 0.25) is 0 Å². The average Bonchev–Trinajstić information content (AvgIpc) is 3.15. The van der Waals surface area contributed by atoms with E-state index in [1.165, 1.54) is 18.9 Å². The van der Waals surface area contributed by atoms with Crippen molar-refractivity contribution in [2.24, 2.45) is 4.99 Å². The Bertz CT molecular complexity index is 1300. The number of aryl methyl sites for hydroxylation is 2. The van der Waals surface area contributed by atoms with Gasteiger partial charge in [-0.1, -0.05) is 66.2 Å². The lowest BCUT2D eigenvalue weighted by Crippen LogP contribution is -2.29. The molecule has 1 aliphatic rings. The lowest BCUT2D eigenvalue weighted by Gasteiger charge is -2.19. The highest BCUT2D eigenvalue weighted by molar-refractivity contribution is 9.10. The molecule has 1 saturated heterocycles. The zero-order valence-electron chi connectivity index (χ0n) is 19.2. The number of aliphatic imine (C=N–C) groups is 1. The molecule has 4 rings (SSSR count). The number of amides is 1. The number of ether oxygens (including phenoxy) is 1. The maximum Gasteiger partial charge on any atom is 0.271 e. The van der Waals surface area contributed by atoms with Crippen LogP contribution in [0.15, 0.2) is 75.0 Å². The Hall–Kier alpha value is -3.03. The van der Waals surface area contributed by atoms with Crippen molar-refractivity contribution < 1.29 is 14.6 Å². The third-order valence-electron chi connectivity index (χ3n) is 5.58. The largest absolute Gasteiger partial charge is 0.504 e. The van der Waals surface area contributed by atoms with Crippen molar-refractivity contribution in [2.75, 3.05) is 12.0 Å². The normalized spacial score (nSPS) is 16.0. The fourth-order valence-corrected chi connectivity index (χ4v) is 5.24. The second kappa shape index (κ2) is 10.5. The molecule has 34 heavy (non-hydrogen) atoms. The summed E-state index contributed by atoms with van der Waals surface area (Å²) in [5, 5.41) is 11.2. The van der Waals surface area contributed by atoms with Gasteiger partial charge in [0.15, 0.2) is 16.7 Å². The standard InChI is InChI=1S/C27H25BrN2O3S/c1-4-17-10-6-8-12-21(17)29-27-30(22-13-9-7-11-18(22)5-2)26(32)24(34-27)15-19-14-20(28)16-23(33-3)25(19)31/h6-16,31H,4-5H2,1-3H3/b24-15-,29-27?. The third kappa shape index (κ3) is 4.76. The van der Waals surface area contributed by atoms with E-state index in [0.717, 1.165) is 39.8 Å². The lowest BCUT2D eigenvalue weighted by molar-refractivity contribution is -0.113. The molecule has 3 aromatic rings. The first kappa shape index (κ1) is 24.1. The maximum absolute atomic E-state index is 13.7. The Labute approximate surface area is 212 Å². The quantitative estimate of drug-likeness (QED) is 0.341. The van der Waals surface area contributed by atoms with Crippen LogP contribution in [0.4, 0.5) is 11.4 Å². The van der Waals surface area contributed by atoms with Gasteiger partial charge in [0.1, 0.15) is 0 Å². The molecule has 0 radical (unpaired) electrons. The summed E-state index contributed by atoms with van der Waals surface area (Å²) < 4.78 is 6.01. The van der Waals surface area contributed by atoms with Gasteiger partial charge < -0.3 is 9.84 Å². The van der Waals surface area contributed by atoms with Crippen molar-refractivity contribution in [1.82, 2.24) is 0 Å². The Morgan fingerprint density at radius 1 is 1.06 bits per heavy atom. The van der Waals surface area contributed by atoms with E-state index in [-0.39, 0.29) is 11.7 Å². The summed E-state index contributed by atoms with van der Waals surface area (Å²) in [5.41, 5.74) is 4.31. The number of carbonyl (C=O) groups excluding carboxylic acids is 1. The minimum atomic E-state index is -0.183. The van der Waals surface area contributed by atoms with E-state index in [1.807, 2.05) is 48.5 Å². The molecule has 0 unspecified atom stereocenters. The number of amidine groups is 1. The van der Waals surface area contributed by atoms with Gasteiger partial charge in [-0.15, -0.1) is 0 Å². The summed E-state index contributed by atoms with van der Waals surface area (Å²) in [6.07, 6.45) is 3.31. The Morgan fingerprint density at radius 2 is 1.74 bits per heavy atom. The second-order valence-electron chi connectivity index (χ2n) is 7.66. The van der Waals surface area contributed by atoms with Gasteiger partial charge in [-0.25, -0.2) is 4.99 Å². The van der Waals surface area contributed by atoms with Crippen LogP contribution in [-0.4, -0.2) is 23.3 Å². The molecule has 0 atom stereocenters. The molecule has 0 saturated carbocycles. The molecule has 1 heterocycles. The minimum absolute atomic E-state index is 0.0196. The number of thioether (sulfide) groups is 1. The number of hydrogen-bond acceptors (Lipinski definition) is 5. The summed E-state index contributed by atoms with van der Waals surface area (Å²) in [7, 11) is 1.49. The monoisotopic (exact) mass is 536 g/mol. The Kier molecular flexibility index (Phi) is 7.44. The number of aromatic hydroxyl groups is 1. The van der Waals surface area contributed by atoms with Crippen LogP contribution in [0.25, 0.3) is 6.08 Å². The number of hydrogen-bond donors (Lipinski definition) is 1. The van der Waals surface area contributed by atoms with E-state index in [9.17, 15) is 9.90 Å². The molecule has 0 aliphatic carbocycles. The Balaban J connectivity index is 1.87. The fraction of sp³-hybridized carbons (Fsp3) is 0.185. The number of methoxy groups -OCH3 is 1. The molecule has 1 amide bonds. The molecule has 7 heteroatoms. The van der Waals surface area contributed by atoms with Gasteiger partial charge in [0, 0.05) is 10.0 Å². The third-order valence-corrected chi connectivity index (χ3v) is 7.01. The predicted octanol–water partition coefficient (Wildman–Crippen LogP) is 7.10. The molecular weight excluding hydrogens is 512 g/mol. The fourth-order valence-electron chi connectivity index (χ4n) is 3.81. The van der Waals surface area contributed by atoms with E-state index >= 15 is 0 Å². The van der Waals surface area contributed by atoms with Crippen molar-refractivity contribution in [3.8, 4) is 11.5 Å². The maximum atomic E-state index is 13.7. The summed E-state index contributed by atoms with van der Waals surface area (Å²) in [5.74, 6) is 0.126. The summed E-state index contributed by atoms with van der Waals surface area (Å²) in [4.78, 5) is 20.8. The zero-order valence-corrected chi connectivity index (χ0v) is 21.6. The van der Waals surface area contributed by atoms with E-state index < -0.39 is 0 Å². The predicted molar refractivity (Wildman–Crippen MR) is 144 cm³/mol. The number of para-hydroxylation sites is 2. The lowest BCUT2D eigenvalue weighted by atomic mass is 10.1. The van der Waals surface area contributed by atoms with Crippen molar-refractivity contribution in [2.45, 2.75) is 26.7 Å². The second-order valence-corrected chi connectivity index (χ2v) is 9.58.